The number of benzene rings is 8. The Morgan fingerprint density at radius 2 is 0.843 bits per heavy atom. The summed E-state index contributed by atoms with van der Waals surface area (Å²) in [7, 11) is 0. The second-order valence-corrected chi connectivity index (χ2v) is 12.8. The maximum Gasteiger partial charge on any atom is 0.164 e. The predicted octanol–water partition coefficient (Wildman–Crippen LogP) is 12.4. The number of hydrogen-bond donors (Lipinski definition) is 0. The van der Waals surface area contributed by atoms with Crippen LogP contribution >= 0.6 is 0 Å². The van der Waals surface area contributed by atoms with Crippen LogP contribution in [0.15, 0.2) is 180 Å². The van der Waals surface area contributed by atoms with Gasteiger partial charge in [-0.3, -0.25) is 0 Å². The molecule has 0 N–H and O–H groups in total. The molecule has 10 rings (SSSR count). The first-order chi connectivity index (χ1) is 25.3. The van der Waals surface area contributed by atoms with Crippen molar-refractivity contribution in [3.63, 3.8) is 0 Å². The Morgan fingerprint density at radius 1 is 0.333 bits per heavy atom. The maximum atomic E-state index is 6.81. The minimum atomic E-state index is 0.626. The van der Waals surface area contributed by atoms with Crippen molar-refractivity contribution in [1.29, 1.82) is 0 Å². The third-order valence-electron chi connectivity index (χ3n) is 9.72. The van der Waals surface area contributed by atoms with Gasteiger partial charge in [-0.1, -0.05) is 158 Å². The Morgan fingerprint density at radius 3 is 1.53 bits per heavy atom. The third kappa shape index (κ3) is 5.04. The first kappa shape index (κ1) is 29.0. The Bertz CT molecular complexity index is 2840. The average Bonchev–Trinajstić information content (AvgIpc) is 3.61. The fourth-order valence-corrected chi connectivity index (χ4v) is 7.20. The topological polar surface area (TPSA) is 51.8 Å². The summed E-state index contributed by atoms with van der Waals surface area (Å²) in [4.78, 5) is 14.7. The van der Waals surface area contributed by atoms with Gasteiger partial charge >= 0.3 is 0 Å². The molecule has 0 saturated heterocycles. The lowest BCUT2D eigenvalue weighted by molar-refractivity contribution is 0.670. The Balaban J connectivity index is 1.14. The van der Waals surface area contributed by atoms with Gasteiger partial charge < -0.3 is 4.42 Å². The van der Waals surface area contributed by atoms with Crippen molar-refractivity contribution in [2.75, 3.05) is 0 Å². The normalized spacial score (nSPS) is 11.5. The quantitative estimate of drug-likeness (QED) is 0.186. The fourth-order valence-electron chi connectivity index (χ4n) is 7.20. The van der Waals surface area contributed by atoms with Crippen LogP contribution in [-0.2, 0) is 0 Å². The van der Waals surface area contributed by atoms with Gasteiger partial charge in [0.25, 0.3) is 0 Å². The minimum absolute atomic E-state index is 0.626. The molecule has 2 aromatic heterocycles. The highest BCUT2D eigenvalue weighted by atomic mass is 16.3. The molecule has 0 bridgehead atoms. The van der Waals surface area contributed by atoms with E-state index in [1.54, 1.807) is 0 Å². The van der Waals surface area contributed by atoms with Crippen molar-refractivity contribution in [2.24, 2.45) is 0 Å². The minimum Gasteiger partial charge on any atom is -0.455 e. The summed E-state index contributed by atoms with van der Waals surface area (Å²) in [6, 6.07) is 61.0. The molecule has 2 heterocycles. The van der Waals surface area contributed by atoms with Gasteiger partial charge in [0.2, 0.25) is 0 Å². The zero-order valence-corrected chi connectivity index (χ0v) is 27.5. The average molecular weight is 652 g/mol. The Hall–Kier alpha value is -6.91. The molecule has 4 nitrogen and oxygen atoms in total. The summed E-state index contributed by atoms with van der Waals surface area (Å²) in [5.41, 5.74) is 8.95. The maximum absolute atomic E-state index is 6.81. The smallest absolute Gasteiger partial charge is 0.164 e. The van der Waals surface area contributed by atoms with Crippen molar-refractivity contribution >= 4 is 43.5 Å². The van der Waals surface area contributed by atoms with Crippen LogP contribution in [0.25, 0.3) is 99.9 Å². The molecule has 238 valence electrons. The SMILES string of the molecule is c1ccc(-c2nc(-c3ccccc3)nc(-c3ccc(-c4ccc(-c5ccc6ccccc6c5)c5c4oc4ccc6ccccc6c45)cc3)n2)cc1. The van der Waals surface area contributed by atoms with E-state index in [4.69, 9.17) is 19.4 Å². The first-order valence-corrected chi connectivity index (χ1v) is 17.1. The van der Waals surface area contributed by atoms with Gasteiger partial charge in [-0.15, -0.1) is 0 Å². The molecular weight excluding hydrogens is 623 g/mol. The van der Waals surface area contributed by atoms with Crippen LogP contribution in [0.3, 0.4) is 0 Å². The molecule has 10 aromatic rings. The van der Waals surface area contributed by atoms with Crippen molar-refractivity contribution in [2.45, 2.75) is 0 Å². The molecule has 4 heteroatoms. The first-order valence-electron chi connectivity index (χ1n) is 17.1. The van der Waals surface area contributed by atoms with Crippen LogP contribution in [0.2, 0.25) is 0 Å². The molecular formula is C47H29N3O. The van der Waals surface area contributed by atoms with E-state index in [1.165, 1.54) is 21.5 Å². The van der Waals surface area contributed by atoms with Crippen molar-refractivity contribution in [3.05, 3.63) is 176 Å². The van der Waals surface area contributed by atoms with Gasteiger partial charge in [-0.2, -0.15) is 0 Å². The van der Waals surface area contributed by atoms with Gasteiger partial charge in [0, 0.05) is 33.0 Å². The predicted molar refractivity (Wildman–Crippen MR) is 209 cm³/mol. The van der Waals surface area contributed by atoms with E-state index in [0.29, 0.717) is 17.5 Å². The second-order valence-electron chi connectivity index (χ2n) is 12.8. The standard InChI is InChI=1S/C47H29N3O/c1-3-13-33(14-4-1)45-48-46(34-15-5-2-6-16-34)50-47(49-45)35-22-20-32(21-23-35)40-27-26-39(37-24-19-30-11-7-8-17-36(30)29-37)43-42-38-18-10-9-12-31(38)25-28-41(42)51-44(40)43/h1-29H. The van der Waals surface area contributed by atoms with E-state index in [0.717, 1.165) is 60.9 Å². The van der Waals surface area contributed by atoms with Gasteiger partial charge in [0.15, 0.2) is 17.5 Å². The summed E-state index contributed by atoms with van der Waals surface area (Å²) in [5, 5.41) is 7.06. The summed E-state index contributed by atoms with van der Waals surface area (Å²) in [5.74, 6) is 1.91. The van der Waals surface area contributed by atoms with E-state index in [1.807, 2.05) is 60.7 Å². The molecule has 0 aliphatic heterocycles. The van der Waals surface area contributed by atoms with Gasteiger partial charge in [0.1, 0.15) is 11.2 Å². The summed E-state index contributed by atoms with van der Waals surface area (Å²) in [6.07, 6.45) is 0. The fraction of sp³-hybridized carbons (Fsp3) is 0. The second kappa shape index (κ2) is 11.9. The third-order valence-corrected chi connectivity index (χ3v) is 9.72. The summed E-state index contributed by atoms with van der Waals surface area (Å²) in [6.45, 7) is 0. The van der Waals surface area contributed by atoms with Crippen LogP contribution in [0.5, 0.6) is 0 Å². The largest absolute Gasteiger partial charge is 0.455 e. The number of nitrogens with zero attached hydrogens (tertiary/aromatic N) is 3. The summed E-state index contributed by atoms with van der Waals surface area (Å²) >= 11 is 0. The molecule has 0 aliphatic carbocycles. The number of aromatic nitrogens is 3. The highest BCUT2D eigenvalue weighted by Crippen LogP contribution is 2.44. The van der Waals surface area contributed by atoms with Crippen LogP contribution in [0.4, 0.5) is 0 Å². The highest BCUT2D eigenvalue weighted by Gasteiger charge is 2.20. The number of fused-ring (bicyclic) bond motifs is 6. The van der Waals surface area contributed by atoms with E-state index in [2.05, 4.69) is 115 Å². The van der Waals surface area contributed by atoms with E-state index >= 15 is 0 Å². The molecule has 51 heavy (non-hydrogen) atoms. The van der Waals surface area contributed by atoms with Crippen molar-refractivity contribution in [1.82, 2.24) is 15.0 Å². The molecule has 0 fully saturated rings. The monoisotopic (exact) mass is 651 g/mol. The molecule has 0 amide bonds. The van der Waals surface area contributed by atoms with Gasteiger partial charge in [-0.05, 0) is 56.4 Å². The van der Waals surface area contributed by atoms with Gasteiger partial charge in [0.05, 0.1) is 0 Å². The lowest BCUT2D eigenvalue weighted by Gasteiger charge is -2.11. The molecule has 0 unspecified atom stereocenters. The number of rotatable bonds is 5. The van der Waals surface area contributed by atoms with Crippen LogP contribution in [0.1, 0.15) is 0 Å². The molecule has 0 spiro atoms. The zero-order chi connectivity index (χ0) is 33.7. The lowest BCUT2D eigenvalue weighted by atomic mass is 9.92. The lowest BCUT2D eigenvalue weighted by Crippen LogP contribution is -2.00. The Kier molecular flexibility index (Phi) is 6.78. The molecule has 8 aromatic carbocycles. The van der Waals surface area contributed by atoms with Crippen LogP contribution < -0.4 is 0 Å². The van der Waals surface area contributed by atoms with Gasteiger partial charge in [-0.25, -0.2) is 15.0 Å². The molecule has 0 saturated carbocycles. The van der Waals surface area contributed by atoms with Crippen LogP contribution in [0, 0.1) is 0 Å². The van der Waals surface area contributed by atoms with E-state index in [-0.39, 0.29) is 0 Å². The number of furan rings is 1. The van der Waals surface area contributed by atoms with E-state index < -0.39 is 0 Å². The molecule has 0 radical (unpaired) electrons. The van der Waals surface area contributed by atoms with Crippen molar-refractivity contribution < 1.29 is 4.42 Å². The Labute approximate surface area is 294 Å². The number of hydrogen-bond acceptors (Lipinski definition) is 4. The summed E-state index contributed by atoms with van der Waals surface area (Å²) < 4.78 is 6.81. The highest BCUT2D eigenvalue weighted by molar-refractivity contribution is 6.24. The van der Waals surface area contributed by atoms with Crippen molar-refractivity contribution in [3.8, 4) is 56.4 Å². The van der Waals surface area contributed by atoms with E-state index in [9.17, 15) is 0 Å². The van der Waals surface area contributed by atoms with Crippen LogP contribution in [-0.4, -0.2) is 15.0 Å². The molecule has 0 atom stereocenters. The zero-order valence-electron chi connectivity index (χ0n) is 27.5. The molecule has 0 aliphatic rings.